The van der Waals surface area contributed by atoms with Gasteiger partial charge in [-0.25, -0.2) is 4.79 Å². The standard InChI is InChI=1S/C28H30ClF3N4O5/c1-16-11-20(12-22(17(16)2)40-28(30,31)32)39-25-33-24-21(36(25)13-18-7-9-19(29)10-8-18)14-35(26(38)34(24)6)15-23(37)41-27(3,4)5/h7-12H,13-15H2,1-6H3. The summed E-state index contributed by atoms with van der Waals surface area (Å²) in [5.41, 5.74) is 1.46. The number of hydrogen-bond donors (Lipinski definition) is 0. The minimum absolute atomic E-state index is 0.0110. The Bertz CT molecular complexity index is 1470. The molecule has 41 heavy (non-hydrogen) atoms. The Labute approximate surface area is 240 Å². The summed E-state index contributed by atoms with van der Waals surface area (Å²) in [6.45, 7) is 8.29. The van der Waals surface area contributed by atoms with Crippen LogP contribution >= 0.6 is 11.6 Å². The Balaban J connectivity index is 1.74. The summed E-state index contributed by atoms with van der Waals surface area (Å²) < 4.78 is 56.4. The summed E-state index contributed by atoms with van der Waals surface area (Å²) in [6, 6.07) is 9.32. The lowest BCUT2D eigenvalue weighted by atomic mass is 10.1. The first kappa shape index (κ1) is 30.0. The minimum atomic E-state index is -4.89. The van der Waals surface area contributed by atoms with E-state index in [1.807, 2.05) is 0 Å². The van der Waals surface area contributed by atoms with E-state index in [1.165, 1.54) is 23.8 Å². The molecule has 2 heterocycles. The first-order chi connectivity index (χ1) is 19.0. The van der Waals surface area contributed by atoms with Gasteiger partial charge < -0.3 is 19.1 Å². The van der Waals surface area contributed by atoms with Gasteiger partial charge in [-0.15, -0.1) is 13.2 Å². The maximum absolute atomic E-state index is 13.1. The average Bonchev–Trinajstić information content (AvgIpc) is 3.16. The molecule has 13 heteroatoms. The third-order valence-electron chi connectivity index (χ3n) is 6.25. The van der Waals surface area contributed by atoms with Gasteiger partial charge in [0.05, 0.1) is 18.8 Å². The minimum Gasteiger partial charge on any atom is -0.459 e. The number of alkyl halides is 3. The number of urea groups is 1. The number of benzene rings is 2. The zero-order valence-electron chi connectivity index (χ0n) is 23.4. The van der Waals surface area contributed by atoms with E-state index in [9.17, 15) is 22.8 Å². The van der Waals surface area contributed by atoms with Crippen molar-refractivity contribution in [2.45, 2.75) is 59.7 Å². The number of esters is 1. The molecule has 0 unspecified atom stereocenters. The van der Waals surface area contributed by atoms with Crippen molar-refractivity contribution in [1.82, 2.24) is 14.5 Å². The number of amides is 2. The summed E-state index contributed by atoms with van der Waals surface area (Å²) >= 11 is 6.05. The van der Waals surface area contributed by atoms with Gasteiger partial charge in [0.2, 0.25) is 0 Å². The fourth-order valence-corrected chi connectivity index (χ4v) is 4.41. The van der Waals surface area contributed by atoms with Crippen LogP contribution < -0.4 is 14.4 Å². The molecule has 2 aromatic carbocycles. The molecular weight excluding hydrogens is 565 g/mol. The molecule has 1 aromatic heterocycles. The van der Waals surface area contributed by atoms with Gasteiger partial charge in [0.1, 0.15) is 23.6 Å². The van der Waals surface area contributed by atoms with Crippen LogP contribution in [0.1, 0.15) is 43.2 Å². The summed E-state index contributed by atoms with van der Waals surface area (Å²) in [4.78, 5) is 32.8. The lowest BCUT2D eigenvalue weighted by molar-refractivity contribution is -0.274. The fraction of sp³-hybridized carbons (Fsp3) is 0.393. The molecule has 0 saturated carbocycles. The molecule has 0 N–H and O–H groups in total. The topological polar surface area (TPSA) is 86.1 Å². The van der Waals surface area contributed by atoms with Crippen LogP contribution in [0.25, 0.3) is 0 Å². The smallest absolute Gasteiger partial charge is 0.459 e. The van der Waals surface area contributed by atoms with Gasteiger partial charge in [-0.05, 0) is 69.5 Å². The number of nitrogens with zero attached hydrogens (tertiary/aromatic N) is 4. The second-order valence-electron chi connectivity index (χ2n) is 10.7. The van der Waals surface area contributed by atoms with E-state index in [2.05, 4.69) is 9.72 Å². The van der Waals surface area contributed by atoms with Crippen LogP contribution in [0.2, 0.25) is 5.02 Å². The predicted molar refractivity (Wildman–Crippen MR) is 146 cm³/mol. The maximum atomic E-state index is 13.1. The van der Waals surface area contributed by atoms with Crippen LogP contribution in [0.4, 0.5) is 23.8 Å². The number of rotatable bonds is 7. The highest BCUT2D eigenvalue weighted by atomic mass is 35.5. The number of hydrogen-bond acceptors (Lipinski definition) is 6. The van der Waals surface area contributed by atoms with Crippen molar-refractivity contribution in [3.63, 3.8) is 0 Å². The summed E-state index contributed by atoms with van der Waals surface area (Å²) in [6.07, 6.45) is -4.89. The monoisotopic (exact) mass is 594 g/mol. The van der Waals surface area contributed by atoms with E-state index < -0.39 is 29.7 Å². The molecule has 0 aliphatic carbocycles. The molecule has 0 saturated heterocycles. The number of carbonyl (C=O) groups is 2. The summed E-state index contributed by atoms with van der Waals surface area (Å²) in [5, 5.41) is 0.541. The quantitative estimate of drug-likeness (QED) is 0.286. The molecule has 1 aliphatic heterocycles. The van der Waals surface area contributed by atoms with E-state index in [-0.39, 0.29) is 37.2 Å². The number of halogens is 4. The van der Waals surface area contributed by atoms with Crippen molar-refractivity contribution in [3.8, 4) is 17.5 Å². The van der Waals surface area contributed by atoms with E-state index in [4.69, 9.17) is 21.1 Å². The summed E-state index contributed by atoms with van der Waals surface area (Å²) in [5.74, 6) is -0.624. The SMILES string of the molecule is Cc1cc(Oc2nc3c(n2Cc2ccc(Cl)cc2)CN(CC(=O)OC(C)(C)C)C(=O)N3C)cc(OC(F)(F)F)c1C. The number of imidazole rings is 1. The van der Waals surface area contributed by atoms with Crippen LogP contribution in [0, 0.1) is 13.8 Å². The number of aromatic nitrogens is 2. The van der Waals surface area contributed by atoms with Crippen LogP contribution in [0.15, 0.2) is 36.4 Å². The van der Waals surface area contributed by atoms with Gasteiger partial charge in [-0.2, -0.15) is 4.98 Å². The molecule has 0 fully saturated rings. The Morgan fingerprint density at radius 2 is 1.76 bits per heavy atom. The van der Waals surface area contributed by atoms with E-state index >= 15 is 0 Å². The molecule has 2 amide bonds. The Morgan fingerprint density at radius 1 is 1.10 bits per heavy atom. The van der Waals surface area contributed by atoms with Gasteiger partial charge in [-0.1, -0.05) is 23.7 Å². The normalized spacial score (nSPS) is 13.8. The molecule has 220 valence electrons. The second-order valence-corrected chi connectivity index (χ2v) is 11.1. The number of anilines is 1. The predicted octanol–water partition coefficient (Wildman–Crippen LogP) is 6.61. The Hall–Kier alpha value is -3.93. The highest BCUT2D eigenvalue weighted by Gasteiger charge is 2.36. The highest BCUT2D eigenvalue weighted by molar-refractivity contribution is 6.30. The van der Waals surface area contributed by atoms with Crippen molar-refractivity contribution in [2.24, 2.45) is 0 Å². The van der Waals surface area contributed by atoms with Gasteiger partial charge in [-0.3, -0.25) is 14.3 Å². The van der Waals surface area contributed by atoms with Crippen molar-refractivity contribution in [3.05, 3.63) is 63.8 Å². The molecule has 1 aliphatic rings. The fourth-order valence-electron chi connectivity index (χ4n) is 4.28. The Morgan fingerprint density at radius 3 is 2.37 bits per heavy atom. The lowest BCUT2D eigenvalue weighted by Gasteiger charge is -2.33. The van der Waals surface area contributed by atoms with Gasteiger partial charge in [0.25, 0.3) is 0 Å². The lowest BCUT2D eigenvalue weighted by Crippen LogP contribution is -2.48. The van der Waals surface area contributed by atoms with Gasteiger partial charge >= 0.3 is 24.4 Å². The van der Waals surface area contributed by atoms with Crippen molar-refractivity contribution >= 4 is 29.4 Å². The number of fused-ring (bicyclic) bond motifs is 1. The molecule has 0 bridgehead atoms. The molecule has 0 atom stereocenters. The zero-order chi connectivity index (χ0) is 30.3. The average molecular weight is 595 g/mol. The van der Waals surface area contributed by atoms with E-state index in [0.717, 1.165) is 11.6 Å². The van der Waals surface area contributed by atoms with Crippen LogP contribution in [-0.2, 0) is 22.6 Å². The zero-order valence-corrected chi connectivity index (χ0v) is 24.2. The molecule has 0 spiro atoms. The highest BCUT2D eigenvalue weighted by Crippen LogP contribution is 2.37. The van der Waals surface area contributed by atoms with Gasteiger partial charge in [0, 0.05) is 18.1 Å². The van der Waals surface area contributed by atoms with Crippen LogP contribution in [0.3, 0.4) is 0 Å². The largest absolute Gasteiger partial charge is 0.573 e. The number of carbonyl (C=O) groups excluding carboxylic acids is 2. The molecule has 3 aromatic rings. The van der Waals surface area contributed by atoms with Crippen LogP contribution in [-0.4, -0.2) is 52.0 Å². The van der Waals surface area contributed by atoms with E-state index in [1.54, 1.807) is 62.6 Å². The van der Waals surface area contributed by atoms with Crippen molar-refractivity contribution < 1.29 is 37.0 Å². The van der Waals surface area contributed by atoms with E-state index in [0.29, 0.717) is 21.8 Å². The number of ether oxygens (including phenoxy) is 3. The third kappa shape index (κ3) is 7.24. The van der Waals surface area contributed by atoms with Crippen molar-refractivity contribution in [2.75, 3.05) is 18.5 Å². The molecular formula is C28H30ClF3N4O5. The maximum Gasteiger partial charge on any atom is 0.573 e. The third-order valence-corrected chi connectivity index (χ3v) is 6.51. The molecule has 9 nitrogen and oxygen atoms in total. The first-order valence-corrected chi connectivity index (χ1v) is 13.0. The molecule has 4 rings (SSSR count). The van der Waals surface area contributed by atoms with Gasteiger partial charge in [0.15, 0.2) is 5.82 Å². The first-order valence-electron chi connectivity index (χ1n) is 12.6. The second kappa shape index (κ2) is 11.2. The molecule has 0 radical (unpaired) electrons. The van der Waals surface area contributed by atoms with Crippen LogP contribution in [0.5, 0.6) is 17.5 Å². The Kier molecular flexibility index (Phi) is 8.17. The summed E-state index contributed by atoms with van der Waals surface area (Å²) in [7, 11) is 1.51. The van der Waals surface area contributed by atoms with Crippen molar-refractivity contribution in [1.29, 1.82) is 0 Å². The number of aryl methyl sites for hydroxylation is 1.